The van der Waals surface area contributed by atoms with Crippen molar-refractivity contribution in [3.63, 3.8) is 0 Å². The molecule has 0 aromatic rings. The lowest BCUT2D eigenvalue weighted by atomic mass is 10.1. The molecule has 1 rings (SSSR count). The fourth-order valence-corrected chi connectivity index (χ4v) is 3.27. The minimum absolute atomic E-state index is 0.631. The molecule has 1 aliphatic heterocycles. The van der Waals surface area contributed by atoms with E-state index < -0.39 is 0 Å². The van der Waals surface area contributed by atoms with Crippen molar-refractivity contribution in [2.75, 3.05) is 31.9 Å². The van der Waals surface area contributed by atoms with Crippen LogP contribution in [0.5, 0.6) is 0 Å². The molecule has 1 unspecified atom stereocenters. The van der Waals surface area contributed by atoms with Crippen LogP contribution in [0.2, 0.25) is 0 Å². The Morgan fingerprint density at radius 1 is 1.39 bits per heavy atom. The SMILES string of the molecule is CCCN(CC)CCN=C1NC(CC(C)C)CS1. The van der Waals surface area contributed by atoms with Crippen LogP contribution >= 0.6 is 11.8 Å². The van der Waals surface area contributed by atoms with Crippen molar-refractivity contribution in [3.05, 3.63) is 0 Å². The molecule has 0 aromatic heterocycles. The summed E-state index contributed by atoms with van der Waals surface area (Å²) in [4.78, 5) is 7.15. The fraction of sp³-hybridized carbons (Fsp3) is 0.929. The van der Waals surface area contributed by atoms with Crippen molar-refractivity contribution in [2.45, 2.75) is 46.6 Å². The Kier molecular flexibility index (Phi) is 7.75. The lowest BCUT2D eigenvalue weighted by molar-refractivity contribution is 0.297. The minimum atomic E-state index is 0.631. The van der Waals surface area contributed by atoms with Gasteiger partial charge in [-0.25, -0.2) is 0 Å². The molecule has 18 heavy (non-hydrogen) atoms. The quantitative estimate of drug-likeness (QED) is 0.735. The van der Waals surface area contributed by atoms with Crippen molar-refractivity contribution in [3.8, 4) is 0 Å². The fourth-order valence-electron chi connectivity index (χ4n) is 2.26. The average Bonchev–Trinajstić information content (AvgIpc) is 2.74. The molecule has 1 N–H and O–H groups in total. The van der Waals surface area contributed by atoms with Gasteiger partial charge in [-0.15, -0.1) is 0 Å². The highest BCUT2D eigenvalue weighted by Gasteiger charge is 2.20. The molecule has 1 aliphatic rings. The van der Waals surface area contributed by atoms with Crippen LogP contribution in [0.4, 0.5) is 0 Å². The summed E-state index contributed by atoms with van der Waals surface area (Å²) in [7, 11) is 0. The van der Waals surface area contributed by atoms with Crippen molar-refractivity contribution in [1.29, 1.82) is 0 Å². The standard InChI is InChI=1S/C14H29N3S/c1-5-8-17(6-2)9-7-15-14-16-13(11-18-14)10-12(3)4/h12-13H,5-11H2,1-4H3,(H,15,16). The van der Waals surface area contributed by atoms with E-state index in [1.807, 2.05) is 11.8 Å². The first-order valence-corrected chi connectivity index (χ1v) is 8.30. The Balaban J connectivity index is 2.23. The molecular weight excluding hydrogens is 242 g/mol. The summed E-state index contributed by atoms with van der Waals surface area (Å²) < 4.78 is 0. The number of likely N-dealkylation sites (N-methyl/N-ethyl adjacent to an activating group) is 1. The van der Waals surface area contributed by atoms with Gasteiger partial charge in [-0.2, -0.15) is 0 Å². The minimum Gasteiger partial charge on any atom is -0.361 e. The molecule has 1 atom stereocenters. The molecule has 0 saturated carbocycles. The topological polar surface area (TPSA) is 27.6 Å². The van der Waals surface area contributed by atoms with Crippen LogP contribution in [0.15, 0.2) is 4.99 Å². The molecule has 106 valence electrons. The number of hydrogen-bond acceptors (Lipinski definition) is 3. The number of nitrogens with one attached hydrogen (secondary N) is 1. The molecular formula is C14H29N3S. The monoisotopic (exact) mass is 271 g/mol. The maximum atomic E-state index is 4.68. The molecule has 0 bridgehead atoms. The zero-order valence-electron chi connectivity index (χ0n) is 12.4. The van der Waals surface area contributed by atoms with E-state index in [9.17, 15) is 0 Å². The predicted molar refractivity (Wildman–Crippen MR) is 83.5 cm³/mol. The average molecular weight is 271 g/mol. The van der Waals surface area contributed by atoms with Crippen LogP contribution in [0.3, 0.4) is 0 Å². The molecule has 0 spiro atoms. The van der Waals surface area contributed by atoms with E-state index in [-0.39, 0.29) is 0 Å². The first-order chi connectivity index (χ1) is 8.65. The largest absolute Gasteiger partial charge is 0.361 e. The Morgan fingerprint density at radius 2 is 2.17 bits per heavy atom. The van der Waals surface area contributed by atoms with Crippen LogP contribution in [-0.2, 0) is 0 Å². The third kappa shape index (κ3) is 6.10. The van der Waals surface area contributed by atoms with Crippen LogP contribution in [0, 0.1) is 5.92 Å². The third-order valence-electron chi connectivity index (χ3n) is 3.16. The Bertz CT molecular complexity index is 253. The van der Waals surface area contributed by atoms with E-state index in [1.54, 1.807) is 0 Å². The molecule has 1 saturated heterocycles. The van der Waals surface area contributed by atoms with Crippen molar-refractivity contribution in [2.24, 2.45) is 10.9 Å². The number of amidine groups is 1. The third-order valence-corrected chi connectivity index (χ3v) is 4.25. The van der Waals surface area contributed by atoms with Gasteiger partial charge in [0.2, 0.25) is 0 Å². The Morgan fingerprint density at radius 3 is 2.78 bits per heavy atom. The zero-order valence-corrected chi connectivity index (χ0v) is 13.2. The zero-order chi connectivity index (χ0) is 13.4. The number of rotatable bonds is 8. The molecule has 1 fully saturated rings. The predicted octanol–water partition coefficient (Wildman–Crippen LogP) is 2.83. The number of thioether (sulfide) groups is 1. The molecule has 0 radical (unpaired) electrons. The Hall–Kier alpha value is -0.220. The summed E-state index contributed by atoms with van der Waals surface area (Å²) >= 11 is 1.89. The van der Waals surface area contributed by atoms with Gasteiger partial charge >= 0.3 is 0 Å². The van der Waals surface area contributed by atoms with Crippen LogP contribution in [0.1, 0.15) is 40.5 Å². The number of nitrogens with zero attached hydrogens (tertiary/aromatic N) is 2. The van der Waals surface area contributed by atoms with Gasteiger partial charge < -0.3 is 10.2 Å². The van der Waals surface area contributed by atoms with E-state index in [4.69, 9.17) is 0 Å². The highest BCUT2D eigenvalue weighted by atomic mass is 32.2. The summed E-state index contributed by atoms with van der Waals surface area (Å²) in [6.07, 6.45) is 2.48. The van der Waals surface area contributed by atoms with Gasteiger partial charge in [0.05, 0.1) is 6.54 Å². The number of hydrogen-bond donors (Lipinski definition) is 1. The van der Waals surface area contributed by atoms with E-state index in [0.29, 0.717) is 6.04 Å². The van der Waals surface area contributed by atoms with Gasteiger partial charge in [0, 0.05) is 18.3 Å². The lowest BCUT2D eigenvalue weighted by Gasteiger charge is -2.18. The summed E-state index contributed by atoms with van der Waals surface area (Å²) in [5, 5.41) is 4.70. The molecule has 0 amide bonds. The molecule has 0 aromatic carbocycles. The maximum absolute atomic E-state index is 4.68. The normalized spacial score (nSPS) is 22.1. The summed E-state index contributed by atoms with van der Waals surface area (Å²) in [6.45, 7) is 13.4. The van der Waals surface area contributed by atoms with Gasteiger partial charge in [0.25, 0.3) is 0 Å². The van der Waals surface area contributed by atoms with Gasteiger partial charge in [-0.1, -0.05) is 39.5 Å². The summed E-state index contributed by atoms with van der Waals surface area (Å²) in [5.41, 5.74) is 0. The second kappa shape index (κ2) is 8.81. The summed E-state index contributed by atoms with van der Waals surface area (Å²) in [5.74, 6) is 1.95. The van der Waals surface area contributed by atoms with Crippen LogP contribution in [-0.4, -0.2) is 48.0 Å². The van der Waals surface area contributed by atoms with Crippen LogP contribution in [0.25, 0.3) is 0 Å². The van der Waals surface area contributed by atoms with Crippen LogP contribution < -0.4 is 5.32 Å². The first-order valence-electron chi connectivity index (χ1n) is 7.31. The van der Waals surface area contributed by atoms with Gasteiger partial charge in [0.15, 0.2) is 5.17 Å². The first kappa shape index (κ1) is 15.8. The maximum Gasteiger partial charge on any atom is 0.156 e. The molecule has 4 heteroatoms. The molecule has 1 heterocycles. The molecule has 0 aliphatic carbocycles. The van der Waals surface area contributed by atoms with Gasteiger partial charge in [-0.05, 0) is 31.8 Å². The number of aliphatic imine (C=N–C) groups is 1. The summed E-state index contributed by atoms with van der Waals surface area (Å²) in [6, 6.07) is 0.631. The van der Waals surface area contributed by atoms with E-state index in [2.05, 4.69) is 42.9 Å². The smallest absolute Gasteiger partial charge is 0.156 e. The molecule has 3 nitrogen and oxygen atoms in total. The van der Waals surface area contributed by atoms with Gasteiger partial charge in [-0.3, -0.25) is 4.99 Å². The van der Waals surface area contributed by atoms with E-state index >= 15 is 0 Å². The van der Waals surface area contributed by atoms with E-state index in [0.717, 1.165) is 30.7 Å². The second-order valence-corrected chi connectivity index (χ2v) is 6.41. The van der Waals surface area contributed by atoms with E-state index in [1.165, 1.54) is 25.1 Å². The van der Waals surface area contributed by atoms with Crippen molar-refractivity contribution >= 4 is 16.9 Å². The lowest BCUT2D eigenvalue weighted by Crippen LogP contribution is -2.30. The second-order valence-electron chi connectivity index (χ2n) is 5.40. The van der Waals surface area contributed by atoms with Crippen molar-refractivity contribution in [1.82, 2.24) is 10.2 Å². The Labute approximate surface area is 117 Å². The van der Waals surface area contributed by atoms with Crippen molar-refractivity contribution < 1.29 is 0 Å². The highest BCUT2D eigenvalue weighted by Crippen LogP contribution is 2.18. The highest BCUT2D eigenvalue weighted by molar-refractivity contribution is 8.14. The van der Waals surface area contributed by atoms with Gasteiger partial charge in [0.1, 0.15) is 0 Å².